The molecule has 0 radical (unpaired) electrons. The predicted molar refractivity (Wildman–Crippen MR) is 128 cm³/mol. The standard InChI is InChI=1S/C21H35N5O.HI/c1-4-26(5-2)20(27)19-11-9-18(10-12-19)17-24-21(22-3)23-13-16-25-14-7-6-8-15-25;/h9-12H,4-8,13-17H2,1-3H3,(H2,22,23,24);1H. The van der Waals surface area contributed by atoms with Gasteiger partial charge in [-0.1, -0.05) is 18.6 Å². The summed E-state index contributed by atoms with van der Waals surface area (Å²) in [5, 5.41) is 6.73. The topological polar surface area (TPSA) is 60.0 Å². The Bertz CT molecular complexity index is 595. The van der Waals surface area contributed by atoms with Crippen molar-refractivity contribution in [2.24, 2.45) is 4.99 Å². The van der Waals surface area contributed by atoms with Gasteiger partial charge in [0, 0.05) is 45.3 Å². The average Bonchev–Trinajstić information content (AvgIpc) is 2.72. The number of nitrogens with one attached hydrogen (secondary N) is 2. The Morgan fingerprint density at radius 3 is 2.29 bits per heavy atom. The molecule has 1 saturated heterocycles. The highest BCUT2D eigenvalue weighted by molar-refractivity contribution is 14.0. The smallest absolute Gasteiger partial charge is 0.253 e. The number of halogens is 1. The summed E-state index contributed by atoms with van der Waals surface area (Å²) < 4.78 is 0. The Labute approximate surface area is 187 Å². The van der Waals surface area contributed by atoms with Gasteiger partial charge in [0.15, 0.2) is 5.96 Å². The Hall–Kier alpha value is -1.35. The molecule has 158 valence electrons. The molecular formula is C21H36IN5O. The van der Waals surface area contributed by atoms with Crippen LogP contribution >= 0.6 is 24.0 Å². The predicted octanol–water partition coefficient (Wildman–Crippen LogP) is 2.94. The van der Waals surface area contributed by atoms with Crippen LogP contribution in [0.3, 0.4) is 0 Å². The van der Waals surface area contributed by atoms with Gasteiger partial charge in [-0.05, 0) is 57.5 Å². The summed E-state index contributed by atoms with van der Waals surface area (Å²) >= 11 is 0. The van der Waals surface area contributed by atoms with Gasteiger partial charge in [-0.3, -0.25) is 9.79 Å². The maximum atomic E-state index is 12.4. The first-order valence-corrected chi connectivity index (χ1v) is 10.2. The molecule has 0 aromatic heterocycles. The van der Waals surface area contributed by atoms with E-state index in [1.54, 1.807) is 7.05 Å². The van der Waals surface area contributed by atoms with E-state index in [4.69, 9.17) is 0 Å². The SMILES string of the molecule is CCN(CC)C(=O)c1ccc(CNC(=NC)NCCN2CCCCC2)cc1.I. The van der Waals surface area contributed by atoms with Crippen molar-refractivity contribution in [2.45, 2.75) is 39.7 Å². The first kappa shape index (κ1) is 24.7. The molecule has 0 saturated carbocycles. The summed E-state index contributed by atoms with van der Waals surface area (Å²) in [6.07, 6.45) is 4.01. The zero-order chi connectivity index (χ0) is 19.5. The maximum absolute atomic E-state index is 12.4. The third kappa shape index (κ3) is 7.95. The highest BCUT2D eigenvalue weighted by atomic mass is 127. The number of likely N-dealkylation sites (tertiary alicyclic amines) is 1. The van der Waals surface area contributed by atoms with E-state index in [1.165, 1.54) is 32.4 Å². The van der Waals surface area contributed by atoms with Crippen molar-refractivity contribution in [3.63, 3.8) is 0 Å². The molecule has 1 aliphatic heterocycles. The number of rotatable bonds is 8. The van der Waals surface area contributed by atoms with Crippen LogP contribution in [0.1, 0.15) is 49.0 Å². The minimum Gasteiger partial charge on any atom is -0.355 e. The highest BCUT2D eigenvalue weighted by Crippen LogP contribution is 2.08. The Morgan fingerprint density at radius 1 is 1.07 bits per heavy atom. The van der Waals surface area contributed by atoms with E-state index in [2.05, 4.69) is 20.5 Å². The van der Waals surface area contributed by atoms with Crippen LogP contribution in [0.4, 0.5) is 0 Å². The first-order chi connectivity index (χ1) is 13.2. The minimum absolute atomic E-state index is 0. The summed E-state index contributed by atoms with van der Waals surface area (Å²) in [6, 6.07) is 7.82. The van der Waals surface area contributed by atoms with E-state index in [1.807, 2.05) is 43.0 Å². The lowest BCUT2D eigenvalue weighted by atomic mass is 10.1. The van der Waals surface area contributed by atoms with Crippen LogP contribution < -0.4 is 10.6 Å². The normalized spacial score (nSPS) is 14.9. The van der Waals surface area contributed by atoms with E-state index in [9.17, 15) is 4.79 Å². The number of nitrogens with zero attached hydrogens (tertiary/aromatic N) is 3. The third-order valence-corrected chi connectivity index (χ3v) is 5.10. The first-order valence-electron chi connectivity index (χ1n) is 10.2. The summed E-state index contributed by atoms with van der Waals surface area (Å²) in [5.74, 6) is 0.907. The van der Waals surface area contributed by atoms with Crippen LogP contribution in [0.25, 0.3) is 0 Å². The van der Waals surface area contributed by atoms with Crippen LogP contribution in [-0.4, -0.2) is 68.0 Å². The summed E-state index contributed by atoms with van der Waals surface area (Å²) in [4.78, 5) is 21.0. The van der Waals surface area contributed by atoms with E-state index in [0.717, 1.165) is 43.3 Å². The van der Waals surface area contributed by atoms with Gasteiger partial charge in [0.1, 0.15) is 0 Å². The molecule has 0 bridgehead atoms. The summed E-state index contributed by atoms with van der Waals surface area (Å²) in [6.45, 7) is 10.5. The minimum atomic E-state index is 0. The van der Waals surface area contributed by atoms with E-state index >= 15 is 0 Å². The summed E-state index contributed by atoms with van der Waals surface area (Å²) in [7, 11) is 1.79. The number of piperidine rings is 1. The molecule has 1 amide bonds. The lowest BCUT2D eigenvalue weighted by Crippen LogP contribution is -2.42. The fourth-order valence-electron chi connectivity index (χ4n) is 3.38. The number of amides is 1. The number of benzene rings is 1. The Kier molecular flexibility index (Phi) is 12.1. The number of carbonyl (C=O) groups is 1. The van der Waals surface area contributed by atoms with Gasteiger partial charge in [-0.25, -0.2) is 0 Å². The lowest BCUT2D eigenvalue weighted by molar-refractivity contribution is 0.0773. The second-order valence-corrected chi connectivity index (χ2v) is 6.93. The van der Waals surface area contributed by atoms with Gasteiger partial charge in [0.2, 0.25) is 0 Å². The van der Waals surface area contributed by atoms with E-state index in [-0.39, 0.29) is 29.9 Å². The third-order valence-electron chi connectivity index (χ3n) is 5.10. The van der Waals surface area contributed by atoms with Crippen LogP contribution in [0.2, 0.25) is 0 Å². The molecule has 1 heterocycles. The molecule has 2 rings (SSSR count). The molecule has 0 aliphatic carbocycles. The molecule has 7 heteroatoms. The molecule has 6 nitrogen and oxygen atoms in total. The van der Waals surface area contributed by atoms with Gasteiger partial charge in [0.25, 0.3) is 5.91 Å². The molecule has 1 aliphatic rings. The molecule has 2 N–H and O–H groups in total. The van der Waals surface area contributed by atoms with Gasteiger partial charge in [-0.15, -0.1) is 24.0 Å². The molecule has 0 spiro atoms. The number of guanidine groups is 1. The second kappa shape index (κ2) is 13.8. The zero-order valence-corrected chi connectivity index (χ0v) is 19.9. The molecule has 0 unspecified atom stereocenters. The molecule has 28 heavy (non-hydrogen) atoms. The molecular weight excluding hydrogens is 465 g/mol. The molecule has 1 aromatic rings. The van der Waals surface area contributed by atoms with Crippen molar-refractivity contribution < 1.29 is 4.79 Å². The largest absolute Gasteiger partial charge is 0.355 e. The van der Waals surface area contributed by atoms with Crippen molar-refractivity contribution in [2.75, 3.05) is 46.3 Å². The summed E-state index contributed by atoms with van der Waals surface area (Å²) in [5.41, 5.74) is 1.87. The van der Waals surface area contributed by atoms with Gasteiger partial charge < -0.3 is 20.4 Å². The molecule has 0 atom stereocenters. The number of aliphatic imine (C=N–C) groups is 1. The zero-order valence-electron chi connectivity index (χ0n) is 17.5. The quantitative estimate of drug-likeness (QED) is 0.327. The second-order valence-electron chi connectivity index (χ2n) is 6.93. The van der Waals surface area contributed by atoms with Crippen LogP contribution in [0.5, 0.6) is 0 Å². The fraction of sp³-hybridized carbons (Fsp3) is 0.619. The number of hydrogen-bond acceptors (Lipinski definition) is 3. The van der Waals surface area contributed by atoms with Gasteiger partial charge in [0.05, 0.1) is 0 Å². The van der Waals surface area contributed by atoms with Crippen molar-refractivity contribution in [3.8, 4) is 0 Å². The van der Waals surface area contributed by atoms with Gasteiger partial charge in [-0.2, -0.15) is 0 Å². The number of carbonyl (C=O) groups excluding carboxylic acids is 1. The van der Waals surface area contributed by atoms with E-state index in [0.29, 0.717) is 6.54 Å². The molecule has 1 fully saturated rings. The molecule has 1 aromatic carbocycles. The number of hydrogen-bond donors (Lipinski definition) is 2. The lowest BCUT2D eigenvalue weighted by Gasteiger charge is -2.26. The Balaban J connectivity index is 0.00000392. The van der Waals surface area contributed by atoms with Crippen molar-refractivity contribution in [3.05, 3.63) is 35.4 Å². The Morgan fingerprint density at radius 2 is 1.71 bits per heavy atom. The average molecular weight is 501 g/mol. The van der Waals surface area contributed by atoms with Crippen LogP contribution in [0, 0.1) is 0 Å². The van der Waals surface area contributed by atoms with Crippen molar-refractivity contribution in [1.29, 1.82) is 0 Å². The van der Waals surface area contributed by atoms with Crippen molar-refractivity contribution in [1.82, 2.24) is 20.4 Å². The van der Waals surface area contributed by atoms with Gasteiger partial charge >= 0.3 is 0 Å². The van der Waals surface area contributed by atoms with Crippen LogP contribution in [-0.2, 0) is 6.54 Å². The fourth-order valence-corrected chi connectivity index (χ4v) is 3.38. The van der Waals surface area contributed by atoms with Crippen LogP contribution in [0.15, 0.2) is 29.3 Å². The van der Waals surface area contributed by atoms with Crippen molar-refractivity contribution >= 4 is 35.8 Å². The van der Waals surface area contributed by atoms with E-state index < -0.39 is 0 Å². The monoisotopic (exact) mass is 501 g/mol. The highest BCUT2D eigenvalue weighted by Gasteiger charge is 2.12. The maximum Gasteiger partial charge on any atom is 0.253 e.